The van der Waals surface area contributed by atoms with Crippen molar-refractivity contribution in [3.05, 3.63) is 0 Å². The van der Waals surface area contributed by atoms with Gasteiger partial charge < -0.3 is 15.5 Å². The molecule has 4 nitrogen and oxygen atoms in total. The van der Waals surface area contributed by atoms with Crippen molar-refractivity contribution in [3.8, 4) is 0 Å². The van der Waals surface area contributed by atoms with Crippen LogP contribution in [0, 0.1) is 5.92 Å². The van der Waals surface area contributed by atoms with Gasteiger partial charge in [0, 0.05) is 12.6 Å². The van der Waals surface area contributed by atoms with E-state index in [9.17, 15) is 4.79 Å². The monoisotopic (exact) mass is 285 g/mol. The Balaban J connectivity index is 3.57. The van der Waals surface area contributed by atoms with Gasteiger partial charge in [-0.3, -0.25) is 4.79 Å². The third-order valence-electron chi connectivity index (χ3n) is 3.68. The Hall–Kier alpha value is -0.610. The first-order valence-corrected chi connectivity index (χ1v) is 8.06. The van der Waals surface area contributed by atoms with E-state index >= 15 is 0 Å². The van der Waals surface area contributed by atoms with Crippen LogP contribution >= 0.6 is 0 Å². The maximum Gasteiger partial charge on any atom is 0.236 e. The van der Waals surface area contributed by atoms with Gasteiger partial charge in [-0.15, -0.1) is 0 Å². The fourth-order valence-corrected chi connectivity index (χ4v) is 1.79. The van der Waals surface area contributed by atoms with Gasteiger partial charge in [0.25, 0.3) is 0 Å². The average Bonchev–Trinajstić information content (AvgIpc) is 2.36. The van der Waals surface area contributed by atoms with Gasteiger partial charge in [0.05, 0.1) is 6.04 Å². The molecule has 1 atom stereocenters. The van der Waals surface area contributed by atoms with E-state index in [0.29, 0.717) is 12.0 Å². The van der Waals surface area contributed by atoms with Gasteiger partial charge in [0.15, 0.2) is 0 Å². The van der Waals surface area contributed by atoms with E-state index in [0.717, 1.165) is 32.5 Å². The number of carbonyl (C=O) groups excluding carboxylic acids is 1. The lowest BCUT2D eigenvalue weighted by atomic mass is 10.1. The summed E-state index contributed by atoms with van der Waals surface area (Å²) in [5.74, 6) is 0.751. The molecule has 0 heterocycles. The van der Waals surface area contributed by atoms with Crippen molar-refractivity contribution in [1.29, 1.82) is 0 Å². The number of nitrogens with zero attached hydrogens (tertiary/aromatic N) is 1. The number of amides is 1. The van der Waals surface area contributed by atoms with Gasteiger partial charge in [0.1, 0.15) is 0 Å². The van der Waals surface area contributed by atoms with Crippen LogP contribution in [0.25, 0.3) is 0 Å². The van der Waals surface area contributed by atoms with E-state index in [2.05, 4.69) is 50.3 Å². The number of rotatable bonds is 11. The molecule has 2 N–H and O–H groups in total. The Labute approximate surface area is 125 Å². The lowest BCUT2D eigenvalue weighted by Crippen LogP contribution is -2.43. The summed E-state index contributed by atoms with van der Waals surface area (Å²) in [6.45, 7) is 13.5. The first-order chi connectivity index (χ1) is 9.34. The molecule has 1 unspecified atom stereocenters. The predicted octanol–water partition coefficient (Wildman–Crippen LogP) is 2.25. The standard InChI is InChI=1S/C16H35N3O/c1-13(2)9-11-18-16(20)15(5)17-10-7-8-12-19(6)14(3)4/h13-15,17H,7-12H2,1-6H3,(H,18,20). The Morgan fingerprint density at radius 2 is 1.70 bits per heavy atom. The fraction of sp³-hybridized carbons (Fsp3) is 0.938. The topological polar surface area (TPSA) is 44.4 Å². The lowest BCUT2D eigenvalue weighted by molar-refractivity contribution is -0.122. The lowest BCUT2D eigenvalue weighted by Gasteiger charge is -2.21. The quantitative estimate of drug-likeness (QED) is 0.572. The first-order valence-electron chi connectivity index (χ1n) is 8.06. The zero-order chi connectivity index (χ0) is 15.5. The van der Waals surface area contributed by atoms with E-state index in [1.807, 2.05) is 6.92 Å². The van der Waals surface area contributed by atoms with Crippen LogP contribution in [0.1, 0.15) is 53.9 Å². The van der Waals surface area contributed by atoms with Crippen LogP contribution in [0.4, 0.5) is 0 Å². The Morgan fingerprint density at radius 3 is 2.25 bits per heavy atom. The number of carbonyl (C=O) groups is 1. The molecule has 0 rings (SSSR count). The van der Waals surface area contributed by atoms with Crippen molar-refractivity contribution < 1.29 is 4.79 Å². The summed E-state index contributed by atoms with van der Waals surface area (Å²) < 4.78 is 0. The third-order valence-corrected chi connectivity index (χ3v) is 3.68. The minimum Gasteiger partial charge on any atom is -0.355 e. The molecular formula is C16H35N3O. The molecule has 0 bridgehead atoms. The summed E-state index contributed by atoms with van der Waals surface area (Å²) in [4.78, 5) is 14.2. The molecule has 0 aromatic heterocycles. The Kier molecular flexibility index (Phi) is 10.8. The molecule has 1 amide bonds. The summed E-state index contributed by atoms with van der Waals surface area (Å²) in [7, 11) is 2.16. The molecule has 0 aromatic carbocycles. The summed E-state index contributed by atoms with van der Waals surface area (Å²) in [5.41, 5.74) is 0. The zero-order valence-corrected chi connectivity index (χ0v) is 14.3. The van der Waals surface area contributed by atoms with Gasteiger partial charge in [-0.2, -0.15) is 0 Å². The molecule has 0 aliphatic rings. The van der Waals surface area contributed by atoms with Crippen LogP contribution in [-0.2, 0) is 4.79 Å². The molecule has 0 saturated carbocycles. The fourth-order valence-electron chi connectivity index (χ4n) is 1.79. The minimum atomic E-state index is -0.0926. The molecule has 0 aliphatic carbocycles. The van der Waals surface area contributed by atoms with Crippen molar-refractivity contribution in [3.63, 3.8) is 0 Å². The molecule has 4 heteroatoms. The molecule has 0 fully saturated rings. The summed E-state index contributed by atoms with van der Waals surface area (Å²) >= 11 is 0. The van der Waals surface area contributed by atoms with E-state index < -0.39 is 0 Å². The largest absolute Gasteiger partial charge is 0.355 e. The minimum absolute atomic E-state index is 0.0926. The van der Waals surface area contributed by atoms with Crippen LogP contribution in [0.3, 0.4) is 0 Å². The molecule has 120 valence electrons. The van der Waals surface area contributed by atoms with Crippen molar-refractivity contribution in [2.45, 2.75) is 66.0 Å². The van der Waals surface area contributed by atoms with Crippen LogP contribution < -0.4 is 10.6 Å². The molecule has 0 radical (unpaired) electrons. The van der Waals surface area contributed by atoms with Gasteiger partial charge in [-0.25, -0.2) is 0 Å². The van der Waals surface area contributed by atoms with E-state index in [-0.39, 0.29) is 11.9 Å². The van der Waals surface area contributed by atoms with Crippen LogP contribution in [0.2, 0.25) is 0 Å². The molecule has 20 heavy (non-hydrogen) atoms. The maximum atomic E-state index is 11.8. The summed E-state index contributed by atoms with van der Waals surface area (Å²) in [6, 6.07) is 0.513. The van der Waals surface area contributed by atoms with E-state index in [1.54, 1.807) is 0 Å². The second kappa shape index (κ2) is 11.1. The van der Waals surface area contributed by atoms with Gasteiger partial charge in [-0.1, -0.05) is 13.8 Å². The Bertz CT molecular complexity index is 254. The van der Waals surface area contributed by atoms with Crippen molar-refractivity contribution in [2.75, 3.05) is 26.7 Å². The van der Waals surface area contributed by atoms with Crippen molar-refractivity contribution in [2.24, 2.45) is 5.92 Å². The first kappa shape index (κ1) is 19.4. The van der Waals surface area contributed by atoms with Crippen LogP contribution in [-0.4, -0.2) is 49.6 Å². The Morgan fingerprint density at radius 1 is 1.05 bits per heavy atom. The second-order valence-electron chi connectivity index (χ2n) is 6.43. The molecular weight excluding hydrogens is 250 g/mol. The smallest absolute Gasteiger partial charge is 0.236 e. The van der Waals surface area contributed by atoms with Crippen molar-refractivity contribution >= 4 is 5.91 Å². The number of hydrogen-bond acceptors (Lipinski definition) is 3. The zero-order valence-electron chi connectivity index (χ0n) is 14.3. The van der Waals surface area contributed by atoms with E-state index in [4.69, 9.17) is 0 Å². The summed E-state index contributed by atoms with van der Waals surface area (Å²) in [5, 5.41) is 6.27. The number of nitrogens with one attached hydrogen (secondary N) is 2. The maximum absolute atomic E-state index is 11.8. The van der Waals surface area contributed by atoms with E-state index in [1.165, 1.54) is 6.42 Å². The average molecular weight is 285 g/mol. The molecule has 0 aromatic rings. The molecule has 0 aliphatic heterocycles. The second-order valence-corrected chi connectivity index (χ2v) is 6.43. The molecule has 0 saturated heterocycles. The highest BCUT2D eigenvalue weighted by Gasteiger charge is 2.11. The van der Waals surface area contributed by atoms with Gasteiger partial charge in [-0.05, 0) is 66.1 Å². The number of hydrogen-bond donors (Lipinski definition) is 2. The van der Waals surface area contributed by atoms with Crippen LogP contribution in [0.5, 0.6) is 0 Å². The van der Waals surface area contributed by atoms with Crippen molar-refractivity contribution in [1.82, 2.24) is 15.5 Å². The highest BCUT2D eigenvalue weighted by Crippen LogP contribution is 1.98. The van der Waals surface area contributed by atoms with Crippen LogP contribution in [0.15, 0.2) is 0 Å². The normalized spacial score (nSPS) is 13.2. The highest BCUT2D eigenvalue weighted by molar-refractivity contribution is 5.81. The number of unbranched alkanes of at least 4 members (excludes halogenated alkanes) is 1. The highest BCUT2D eigenvalue weighted by atomic mass is 16.2. The molecule has 0 spiro atoms. The van der Waals surface area contributed by atoms with Gasteiger partial charge >= 0.3 is 0 Å². The summed E-state index contributed by atoms with van der Waals surface area (Å²) in [6.07, 6.45) is 3.32. The SMILES string of the molecule is CC(C)CCNC(=O)C(C)NCCCCN(C)C(C)C. The predicted molar refractivity (Wildman–Crippen MR) is 86.9 cm³/mol. The van der Waals surface area contributed by atoms with Gasteiger partial charge in [0.2, 0.25) is 5.91 Å². The third kappa shape index (κ3) is 10.2.